The summed E-state index contributed by atoms with van der Waals surface area (Å²) in [5, 5.41) is 0. The van der Waals surface area contributed by atoms with Crippen LogP contribution in [0.1, 0.15) is 17.2 Å². The van der Waals surface area contributed by atoms with Gasteiger partial charge in [0.15, 0.2) is 0 Å². The summed E-state index contributed by atoms with van der Waals surface area (Å²) >= 11 is 0. The molecule has 0 aliphatic rings. The molecule has 1 atom stereocenters. The maximum absolute atomic E-state index is 12.7. The van der Waals surface area contributed by atoms with Gasteiger partial charge in [-0.2, -0.15) is 0 Å². The summed E-state index contributed by atoms with van der Waals surface area (Å²) in [6.45, 7) is 2.29. The molecule has 0 radical (unpaired) electrons. The van der Waals surface area contributed by atoms with Crippen molar-refractivity contribution in [2.45, 2.75) is 13.0 Å². The molecule has 2 N–H and O–H groups in total. The number of halogens is 1. The van der Waals surface area contributed by atoms with E-state index in [4.69, 9.17) is 10.5 Å². The van der Waals surface area contributed by atoms with E-state index in [9.17, 15) is 4.39 Å². The second kappa shape index (κ2) is 4.35. The molecule has 0 aromatic heterocycles. The molecule has 1 rings (SSSR count). The molecular formula is C10H14FNO. The minimum absolute atomic E-state index is 0.175. The Kier molecular flexibility index (Phi) is 3.39. The smallest absolute Gasteiger partial charge is 0.123 e. The summed E-state index contributed by atoms with van der Waals surface area (Å²) in [5.74, 6) is -0.231. The minimum atomic E-state index is -0.231. The zero-order valence-electron chi connectivity index (χ0n) is 7.88. The van der Waals surface area contributed by atoms with Crippen molar-refractivity contribution >= 4 is 0 Å². The Balaban J connectivity index is 2.88. The molecule has 0 saturated carbocycles. The number of rotatable bonds is 3. The Hall–Kier alpha value is -0.930. The van der Waals surface area contributed by atoms with Gasteiger partial charge in [0.05, 0.1) is 12.6 Å². The van der Waals surface area contributed by atoms with Crippen molar-refractivity contribution in [1.82, 2.24) is 0 Å². The van der Waals surface area contributed by atoms with Crippen molar-refractivity contribution in [2.75, 3.05) is 13.7 Å². The molecular weight excluding hydrogens is 169 g/mol. The highest BCUT2D eigenvalue weighted by atomic mass is 19.1. The summed E-state index contributed by atoms with van der Waals surface area (Å²) in [4.78, 5) is 0. The van der Waals surface area contributed by atoms with Crippen LogP contribution in [-0.4, -0.2) is 13.7 Å². The van der Waals surface area contributed by atoms with Gasteiger partial charge in [-0.25, -0.2) is 4.39 Å². The van der Waals surface area contributed by atoms with Gasteiger partial charge in [0.2, 0.25) is 0 Å². The SMILES string of the molecule is COC[C@@H](N)c1ccc(F)cc1C. The second-order valence-electron chi connectivity index (χ2n) is 3.06. The van der Waals surface area contributed by atoms with E-state index >= 15 is 0 Å². The van der Waals surface area contributed by atoms with Crippen LogP contribution in [0.25, 0.3) is 0 Å². The molecule has 0 unspecified atom stereocenters. The van der Waals surface area contributed by atoms with Crippen LogP contribution in [0.15, 0.2) is 18.2 Å². The Morgan fingerprint density at radius 2 is 2.23 bits per heavy atom. The van der Waals surface area contributed by atoms with E-state index in [0.717, 1.165) is 11.1 Å². The normalized spacial score (nSPS) is 12.9. The van der Waals surface area contributed by atoms with Gasteiger partial charge in [-0.3, -0.25) is 0 Å². The summed E-state index contributed by atoms with van der Waals surface area (Å²) < 4.78 is 17.6. The van der Waals surface area contributed by atoms with Crippen molar-refractivity contribution < 1.29 is 9.13 Å². The van der Waals surface area contributed by atoms with Crippen LogP contribution in [-0.2, 0) is 4.74 Å². The van der Waals surface area contributed by atoms with Crippen LogP contribution in [0.4, 0.5) is 4.39 Å². The van der Waals surface area contributed by atoms with Gasteiger partial charge in [0, 0.05) is 7.11 Å². The van der Waals surface area contributed by atoms with Crippen molar-refractivity contribution in [2.24, 2.45) is 5.73 Å². The number of benzene rings is 1. The van der Waals surface area contributed by atoms with Crippen LogP contribution >= 0.6 is 0 Å². The monoisotopic (exact) mass is 183 g/mol. The first kappa shape index (κ1) is 10.2. The minimum Gasteiger partial charge on any atom is -0.383 e. The van der Waals surface area contributed by atoms with Crippen LogP contribution < -0.4 is 5.73 Å². The Morgan fingerprint density at radius 1 is 1.54 bits per heavy atom. The molecule has 2 nitrogen and oxygen atoms in total. The van der Waals surface area contributed by atoms with Crippen molar-refractivity contribution in [3.63, 3.8) is 0 Å². The average molecular weight is 183 g/mol. The lowest BCUT2D eigenvalue weighted by Crippen LogP contribution is -2.17. The zero-order chi connectivity index (χ0) is 9.84. The molecule has 1 aromatic carbocycles. The average Bonchev–Trinajstić information content (AvgIpc) is 2.04. The number of aryl methyl sites for hydroxylation is 1. The lowest BCUT2D eigenvalue weighted by molar-refractivity contribution is 0.180. The quantitative estimate of drug-likeness (QED) is 0.775. The highest BCUT2D eigenvalue weighted by Gasteiger charge is 2.08. The van der Waals surface area contributed by atoms with Crippen LogP contribution in [0.5, 0.6) is 0 Å². The fourth-order valence-corrected chi connectivity index (χ4v) is 1.32. The van der Waals surface area contributed by atoms with E-state index in [1.807, 2.05) is 6.92 Å². The topological polar surface area (TPSA) is 35.2 Å². The van der Waals surface area contributed by atoms with Crippen LogP contribution in [0, 0.1) is 12.7 Å². The molecule has 0 bridgehead atoms. The van der Waals surface area contributed by atoms with E-state index in [0.29, 0.717) is 6.61 Å². The molecule has 0 spiro atoms. The third-order valence-electron chi connectivity index (χ3n) is 1.98. The van der Waals surface area contributed by atoms with Gasteiger partial charge in [-0.05, 0) is 30.2 Å². The number of methoxy groups -OCH3 is 1. The van der Waals surface area contributed by atoms with E-state index < -0.39 is 0 Å². The molecule has 0 saturated heterocycles. The first-order valence-electron chi connectivity index (χ1n) is 4.15. The van der Waals surface area contributed by atoms with Crippen molar-refractivity contribution in [3.8, 4) is 0 Å². The lowest BCUT2D eigenvalue weighted by Gasteiger charge is -2.13. The molecule has 0 aliphatic carbocycles. The molecule has 72 valence electrons. The Morgan fingerprint density at radius 3 is 2.77 bits per heavy atom. The summed E-state index contributed by atoms with van der Waals surface area (Å²) in [6.07, 6.45) is 0. The van der Waals surface area contributed by atoms with E-state index in [2.05, 4.69) is 0 Å². The second-order valence-corrected chi connectivity index (χ2v) is 3.06. The zero-order valence-corrected chi connectivity index (χ0v) is 7.88. The van der Waals surface area contributed by atoms with Crippen LogP contribution in [0.3, 0.4) is 0 Å². The predicted octanol–water partition coefficient (Wildman–Crippen LogP) is 1.78. The van der Waals surface area contributed by atoms with E-state index in [1.54, 1.807) is 13.2 Å². The largest absolute Gasteiger partial charge is 0.383 e. The molecule has 1 aromatic rings. The third kappa shape index (κ3) is 2.50. The fourth-order valence-electron chi connectivity index (χ4n) is 1.32. The lowest BCUT2D eigenvalue weighted by atomic mass is 10.0. The first-order chi connectivity index (χ1) is 6.15. The number of ether oxygens (including phenoxy) is 1. The maximum Gasteiger partial charge on any atom is 0.123 e. The summed E-state index contributed by atoms with van der Waals surface area (Å²) in [7, 11) is 1.60. The van der Waals surface area contributed by atoms with Gasteiger partial charge < -0.3 is 10.5 Å². The van der Waals surface area contributed by atoms with Gasteiger partial charge >= 0.3 is 0 Å². The third-order valence-corrected chi connectivity index (χ3v) is 1.98. The molecule has 0 heterocycles. The van der Waals surface area contributed by atoms with E-state index in [-0.39, 0.29) is 11.9 Å². The molecule has 0 amide bonds. The highest BCUT2D eigenvalue weighted by molar-refractivity contribution is 5.29. The first-order valence-corrected chi connectivity index (χ1v) is 4.15. The van der Waals surface area contributed by atoms with Gasteiger partial charge in [-0.1, -0.05) is 6.07 Å². The fraction of sp³-hybridized carbons (Fsp3) is 0.400. The molecule has 0 aliphatic heterocycles. The molecule has 0 fully saturated rings. The standard InChI is InChI=1S/C10H14FNO/c1-7-5-8(11)3-4-9(7)10(12)6-13-2/h3-5,10H,6,12H2,1-2H3/t10-/m1/s1. The van der Waals surface area contributed by atoms with Crippen LogP contribution in [0.2, 0.25) is 0 Å². The number of hydrogen-bond donors (Lipinski definition) is 1. The molecule has 3 heteroatoms. The predicted molar refractivity (Wildman–Crippen MR) is 49.9 cm³/mol. The number of hydrogen-bond acceptors (Lipinski definition) is 2. The number of nitrogens with two attached hydrogens (primary N) is 1. The maximum atomic E-state index is 12.7. The summed E-state index contributed by atoms with van der Waals surface area (Å²) in [5.41, 5.74) is 7.61. The van der Waals surface area contributed by atoms with E-state index in [1.165, 1.54) is 12.1 Å². The summed E-state index contributed by atoms with van der Waals surface area (Å²) in [6, 6.07) is 4.42. The Bertz CT molecular complexity index is 288. The van der Waals surface area contributed by atoms with Gasteiger partial charge in [0.25, 0.3) is 0 Å². The van der Waals surface area contributed by atoms with Gasteiger partial charge in [0.1, 0.15) is 5.82 Å². The molecule has 13 heavy (non-hydrogen) atoms. The highest BCUT2D eigenvalue weighted by Crippen LogP contribution is 2.16. The van der Waals surface area contributed by atoms with Crippen molar-refractivity contribution in [1.29, 1.82) is 0 Å². The Labute approximate surface area is 77.5 Å². The van der Waals surface area contributed by atoms with Gasteiger partial charge in [-0.15, -0.1) is 0 Å². The van der Waals surface area contributed by atoms with Crippen molar-refractivity contribution in [3.05, 3.63) is 35.1 Å².